The molecule has 2 aliphatic heterocycles. The average molecular weight is 383 g/mol. The molecule has 0 bridgehead atoms. The van der Waals surface area contributed by atoms with Crippen LogP contribution in [0.15, 0.2) is 36.8 Å². The fraction of sp³-hybridized carbons (Fsp3) is 0.571. The molecule has 0 aromatic carbocycles. The summed E-state index contributed by atoms with van der Waals surface area (Å²) in [5.41, 5.74) is 2.08. The number of likely N-dealkylation sites (tertiary alicyclic amines) is 2. The lowest BCUT2D eigenvalue weighted by atomic mass is 9.77. The van der Waals surface area contributed by atoms with Crippen molar-refractivity contribution in [1.82, 2.24) is 24.6 Å². The Kier molecular flexibility index (Phi) is 5.46. The smallest absolute Gasteiger partial charge is 0.228 e. The second-order valence-corrected chi connectivity index (χ2v) is 8.36. The van der Waals surface area contributed by atoms with E-state index < -0.39 is 0 Å². The molecule has 4 rings (SSSR count). The van der Waals surface area contributed by atoms with Crippen LogP contribution in [0, 0.1) is 11.3 Å². The molecule has 7 nitrogen and oxygen atoms in total. The quantitative estimate of drug-likeness (QED) is 0.754. The van der Waals surface area contributed by atoms with Crippen LogP contribution < -0.4 is 0 Å². The molecule has 1 amide bonds. The molecule has 0 aliphatic carbocycles. The van der Waals surface area contributed by atoms with Crippen LogP contribution in [0.3, 0.4) is 0 Å². The van der Waals surface area contributed by atoms with E-state index in [1.165, 1.54) is 0 Å². The Bertz CT molecular complexity index is 808. The van der Waals surface area contributed by atoms with Crippen molar-refractivity contribution in [2.75, 3.05) is 39.8 Å². The molecule has 2 atom stereocenters. The third-order valence-electron chi connectivity index (χ3n) is 6.13. The summed E-state index contributed by atoms with van der Waals surface area (Å²) < 4.78 is 7.80. The average Bonchev–Trinajstić information content (AvgIpc) is 3.36. The van der Waals surface area contributed by atoms with E-state index in [4.69, 9.17) is 4.74 Å². The zero-order chi connectivity index (χ0) is 19.6. The van der Waals surface area contributed by atoms with Gasteiger partial charge in [-0.1, -0.05) is 6.07 Å². The van der Waals surface area contributed by atoms with Gasteiger partial charge < -0.3 is 14.5 Å². The number of hydrogen-bond acceptors (Lipinski definition) is 5. The van der Waals surface area contributed by atoms with E-state index in [2.05, 4.69) is 22.0 Å². The summed E-state index contributed by atoms with van der Waals surface area (Å²) in [6.07, 6.45) is 6.94. The SMILES string of the molecule is CN1C[C@H](COCc2cccnc2)[C@]2(CCN(C(=O)Cc3ccn(C)n3)C2)C1. The number of carbonyl (C=O) groups excluding carboxylic acids is 1. The molecule has 0 N–H and O–H groups in total. The number of carbonyl (C=O) groups is 1. The number of rotatable bonds is 6. The first-order valence-electron chi connectivity index (χ1n) is 9.96. The summed E-state index contributed by atoms with van der Waals surface area (Å²) in [6, 6.07) is 5.89. The van der Waals surface area contributed by atoms with Crippen molar-refractivity contribution in [2.45, 2.75) is 19.4 Å². The lowest BCUT2D eigenvalue weighted by Crippen LogP contribution is -2.38. The van der Waals surface area contributed by atoms with Gasteiger partial charge in [0.15, 0.2) is 0 Å². The monoisotopic (exact) mass is 383 g/mol. The summed E-state index contributed by atoms with van der Waals surface area (Å²) >= 11 is 0. The molecule has 0 saturated carbocycles. The molecule has 2 saturated heterocycles. The molecule has 0 unspecified atom stereocenters. The van der Waals surface area contributed by atoms with Gasteiger partial charge in [-0.2, -0.15) is 5.10 Å². The van der Waals surface area contributed by atoms with Gasteiger partial charge in [-0.15, -0.1) is 0 Å². The first kappa shape index (κ1) is 19.1. The van der Waals surface area contributed by atoms with Crippen LogP contribution in [0.1, 0.15) is 17.7 Å². The van der Waals surface area contributed by atoms with Crippen LogP contribution in [0.2, 0.25) is 0 Å². The Labute approximate surface area is 166 Å². The van der Waals surface area contributed by atoms with Crippen LogP contribution in [0.4, 0.5) is 0 Å². The summed E-state index contributed by atoms with van der Waals surface area (Å²) in [7, 11) is 4.05. The number of pyridine rings is 1. The molecule has 1 spiro atoms. The molecule has 2 fully saturated rings. The summed E-state index contributed by atoms with van der Waals surface area (Å²) in [6.45, 7) is 5.02. The van der Waals surface area contributed by atoms with Gasteiger partial charge in [-0.05, 0) is 31.2 Å². The van der Waals surface area contributed by atoms with E-state index >= 15 is 0 Å². The van der Waals surface area contributed by atoms with E-state index in [1.54, 1.807) is 10.9 Å². The summed E-state index contributed by atoms with van der Waals surface area (Å²) in [5, 5.41) is 4.34. The molecule has 0 radical (unpaired) electrons. The highest BCUT2D eigenvalue weighted by Gasteiger charge is 2.50. The minimum Gasteiger partial charge on any atom is -0.376 e. The molecule has 2 aromatic heterocycles. The van der Waals surface area contributed by atoms with Gasteiger partial charge in [-0.25, -0.2) is 0 Å². The van der Waals surface area contributed by atoms with E-state index in [0.717, 1.165) is 50.5 Å². The van der Waals surface area contributed by atoms with Crippen molar-refractivity contribution in [2.24, 2.45) is 18.4 Å². The van der Waals surface area contributed by atoms with Crippen LogP contribution in [0.25, 0.3) is 0 Å². The second kappa shape index (κ2) is 8.01. The maximum absolute atomic E-state index is 12.8. The van der Waals surface area contributed by atoms with Gasteiger partial charge in [0.05, 0.1) is 25.3 Å². The lowest BCUT2D eigenvalue weighted by molar-refractivity contribution is -0.130. The topological polar surface area (TPSA) is 63.5 Å². The maximum Gasteiger partial charge on any atom is 0.228 e. The second-order valence-electron chi connectivity index (χ2n) is 8.36. The van der Waals surface area contributed by atoms with Crippen molar-refractivity contribution in [3.8, 4) is 0 Å². The largest absolute Gasteiger partial charge is 0.376 e. The van der Waals surface area contributed by atoms with Crippen molar-refractivity contribution < 1.29 is 9.53 Å². The van der Waals surface area contributed by atoms with Crippen molar-refractivity contribution >= 4 is 5.91 Å². The van der Waals surface area contributed by atoms with Crippen LogP contribution >= 0.6 is 0 Å². The number of nitrogens with zero attached hydrogens (tertiary/aromatic N) is 5. The van der Waals surface area contributed by atoms with E-state index in [9.17, 15) is 4.79 Å². The Morgan fingerprint density at radius 1 is 1.32 bits per heavy atom. The van der Waals surface area contributed by atoms with E-state index in [1.807, 2.05) is 42.5 Å². The highest BCUT2D eigenvalue weighted by atomic mass is 16.5. The van der Waals surface area contributed by atoms with Crippen LogP contribution in [-0.2, 0) is 29.6 Å². The third-order valence-corrected chi connectivity index (χ3v) is 6.13. The summed E-state index contributed by atoms with van der Waals surface area (Å²) in [4.78, 5) is 21.3. The Hall–Kier alpha value is -2.25. The Balaban J connectivity index is 1.35. The van der Waals surface area contributed by atoms with Gasteiger partial charge in [0.2, 0.25) is 5.91 Å². The molecule has 28 heavy (non-hydrogen) atoms. The maximum atomic E-state index is 12.8. The fourth-order valence-corrected chi connectivity index (χ4v) is 4.73. The molecule has 150 valence electrons. The Morgan fingerprint density at radius 2 is 2.21 bits per heavy atom. The van der Waals surface area contributed by atoms with Crippen molar-refractivity contribution in [3.05, 3.63) is 48.0 Å². The number of ether oxygens (including phenoxy) is 1. The van der Waals surface area contributed by atoms with Crippen molar-refractivity contribution in [1.29, 1.82) is 0 Å². The first-order valence-corrected chi connectivity index (χ1v) is 9.96. The number of aryl methyl sites for hydroxylation is 1. The van der Waals surface area contributed by atoms with Gasteiger partial charge in [0.25, 0.3) is 0 Å². The summed E-state index contributed by atoms with van der Waals surface area (Å²) in [5.74, 6) is 0.627. The number of hydrogen-bond donors (Lipinski definition) is 0. The predicted molar refractivity (Wildman–Crippen MR) is 105 cm³/mol. The van der Waals surface area contributed by atoms with E-state index in [0.29, 0.717) is 18.9 Å². The Morgan fingerprint density at radius 3 is 2.96 bits per heavy atom. The van der Waals surface area contributed by atoms with Gasteiger partial charge in [-0.3, -0.25) is 14.5 Å². The predicted octanol–water partition coefficient (Wildman–Crippen LogP) is 1.35. The van der Waals surface area contributed by atoms with Gasteiger partial charge in [0.1, 0.15) is 0 Å². The van der Waals surface area contributed by atoms with Crippen molar-refractivity contribution in [3.63, 3.8) is 0 Å². The highest BCUT2D eigenvalue weighted by Crippen LogP contribution is 2.43. The zero-order valence-electron chi connectivity index (χ0n) is 16.8. The van der Waals surface area contributed by atoms with E-state index in [-0.39, 0.29) is 11.3 Å². The first-order chi connectivity index (χ1) is 13.5. The van der Waals surface area contributed by atoms with Crippen LogP contribution in [0.5, 0.6) is 0 Å². The highest BCUT2D eigenvalue weighted by molar-refractivity contribution is 5.78. The molecule has 4 heterocycles. The van der Waals surface area contributed by atoms with Crippen LogP contribution in [-0.4, -0.2) is 70.3 Å². The van der Waals surface area contributed by atoms with Gasteiger partial charge >= 0.3 is 0 Å². The normalized spacial score (nSPS) is 25.1. The number of amides is 1. The number of aromatic nitrogens is 3. The molecular weight excluding hydrogens is 354 g/mol. The molecular formula is C21H29N5O2. The molecule has 2 aliphatic rings. The molecule has 7 heteroatoms. The standard InChI is InChI=1S/C21H29N5O2/c1-24-12-18(14-28-13-17-4-3-7-22-11-17)21(15-24)6-9-26(16-21)20(27)10-19-5-8-25(2)23-19/h3-5,7-8,11,18H,6,9-10,12-16H2,1-2H3/t18-,21-/m1/s1. The van der Waals surface area contributed by atoms with Gasteiger partial charge in [0, 0.05) is 63.2 Å². The molecule has 2 aromatic rings. The fourth-order valence-electron chi connectivity index (χ4n) is 4.73. The minimum absolute atomic E-state index is 0.142. The third kappa shape index (κ3) is 4.10. The lowest BCUT2D eigenvalue weighted by Gasteiger charge is -2.30. The minimum atomic E-state index is 0.142. The zero-order valence-corrected chi connectivity index (χ0v) is 16.8.